The summed E-state index contributed by atoms with van der Waals surface area (Å²) in [6.45, 7) is 4.89. The predicted octanol–water partition coefficient (Wildman–Crippen LogP) is 3.90. The molecule has 0 saturated heterocycles. The zero-order valence-electron chi connectivity index (χ0n) is 12.8. The van der Waals surface area contributed by atoms with Crippen molar-refractivity contribution in [2.45, 2.75) is 26.7 Å². The van der Waals surface area contributed by atoms with Gasteiger partial charge in [-0.05, 0) is 13.3 Å². The van der Waals surface area contributed by atoms with Gasteiger partial charge in [-0.15, -0.1) is 11.3 Å². The number of rotatable bonds is 5. The van der Waals surface area contributed by atoms with Gasteiger partial charge in [0.05, 0.1) is 5.69 Å². The number of unbranched alkanes of at least 4 members (excludes halogenated alkanes) is 1. The summed E-state index contributed by atoms with van der Waals surface area (Å²) < 4.78 is 1.88. The number of fused-ring (bicyclic) bond motifs is 1. The number of nitrogens with zero attached hydrogens (tertiary/aromatic N) is 2. The molecule has 0 fully saturated rings. The Balaban J connectivity index is 1.88. The van der Waals surface area contributed by atoms with Crippen LogP contribution in [0.4, 0.5) is 0 Å². The van der Waals surface area contributed by atoms with Crippen molar-refractivity contribution in [2.24, 2.45) is 0 Å². The van der Waals surface area contributed by atoms with Crippen molar-refractivity contribution < 1.29 is 4.79 Å². The maximum Gasteiger partial charge on any atom is 0.269 e. The van der Waals surface area contributed by atoms with E-state index in [0.29, 0.717) is 12.2 Å². The first-order chi connectivity index (χ1) is 10.7. The SMILES string of the molecule is CCCCNC(=O)c1csc2nc(-c3ccc(C)cc3)cn12. The number of aromatic nitrogens is 2. The van der Waals surface area contributed by atoms with Crippen molar-refractivity contribution in [2.75, 3.05) is 6.54 Å². The largest absolute Gasteiger partial charge is 0.351 e. The van der Waals surface area contributed by atoms with Crippen molar-refractivity contribution in [3.63, 3.8) is 0 Å². The van der Waals surface area contributed by atoms with Gasteiger partial charge in [-0.25, -0.2) is 4.98 Å². The van der Waals surface area contributed by atoms with Crippen molar-refractivity contribution in [1.29, 1.82) is 0 Å². The van der Waals surface area contributed by atoms with E-state index in [-0.39, 0.29) is 5.91 Å². The molecule has 1 N–H and O–H groups in total. The van der Waals surface area contributed by atoms with Gasteiger partial charge in [0.25, 0.3) is 5.91 Å². The predicted molar refractivity (Wildman–Crippen MR) is 90.5 cm³/mol. The summed E-state index contributed by atoms with van der Waals surface area (Å²) in [6.07, 6.45) is 4.00. The summed E-state index contributed by atoms with van der Waals surface area (Å²) in [6, 6.07) is 8.26. The van der Waals surface area contributed by atoms with Crippen LogP contribution in [0.1, 0.15) is 35.8 Å². The van der Waals surface area contributed by atoms with E-state index in [2.05, 4.69) is 48.4 Å². The highest BCUT2D eigenvalue weighted by Gasteiger charge is 2.14. The molecule has 0 bridgehead atoms. The van der Waals surface area contributed by atoms with Crippen LogP contribution in [0.2, 0.25) is 0 Å². The van der Waals surface area contributed by atoms with Crippen LogP contribution in [0, 0.1) is 6.92 Å². The van der Waals surface area contributed by atoms with E-state index in [0.717, 1.165) is 29.1 Å². The van der Waals surface area contributed by atoms with Crippen LogP contribution in [-0.4, -0.2) is 21.8 Å². The minimum atomic E-state index is -0.0347. The monoisotopic (exact) mass is 313 g/mol. The van der Waals surface area contributed by atoms with Crippen molar-refractivity contribution in [3.8, 4) is 11.3 Å². The fourth-order valence-corrected chi connectivity index (χ4v) is 3.13. The summed E-state index contributed by atoms with van der Waals surface area (Å²) in [5.41, 5.74) is 3.84. The summed E-state index contributed by atoms with van der Waals surface area (Å²) >= 11 is 1.49. The molecule has 3 aromatic rings. The van der Waals surface area contributed by atoms with E-state index in [1.165, 1.54) is 16.9 Å². The fourth-order valence-electron chi connectivity index (χ4n) is 2.28. The Bertz CT molecular complexity index is 786. The molecule has 5 heteroatoms. The molecule has 4 nitrogen and oxygen atoms in total. The van der Waals surface area contributed by atoms with E-state index in [9.17, 15) is 4.79 Å². The van der Waals surface area contributed by atoms with Gasteiger partial charge in [0.15, 0.2) is 4.96 Å². The number of hydrogen-bond donors (Lipinski definition) is 1. The maximum atomic E-state index is 12.2. The van der Waals surface area contributed by atoms with E-state index in [1.54, 1.807) is 0 Å². The summed E-state index contributed by atoms with van der Waals surface area (Å²) in [4.78, 5) is 17.7. The molecular weight excluding hydrogens is 294 g/mol. The molecule has 1 aromatic carbocycles. The molecule has 1 amide bonds. The number of thiazole rings is 1. The van der Waals surface area contributed by atoms with Crippen molar-refractivity contribution in [1.82, 2.24) is 14.7 Å². The average Bonchev–Trinajstić information content (AvgIpc) is 3.08. The number of nitrogens with one attached hydrogen (secondary N) is 1. The molecule has 0 atom stereocenters. The number of hydrogen-bond acceptors (Lipinski definition) is 3. The molecule has 0 unspecified atom stereocenters. The Kier molecular flexibility index (Phi) is 4.24. The van der Waals surface area contributed by atoms with Gasteiger partial charge in [-0.2, -0.15) is 0 Å². The zero-order chi connectivity index (χ0) is 15.5. The molecule has 0 spiro atoms. The van der Waals surface area contributed by atoms with Gasteiger partial charge in [0, 0.05) is 23.7 Å². The van der Waals surface area contributed by atoms with Crippen LogP contribution < -0.4 is 5.32 Å². The highest BCUT2D eigenvalue weighted by atomic mass is 32.1. The lowest BCUT2D eigenvalue weighted by molar-refractivity contribution is 0.0947. The number of carbonyl (C=O) groups excluding carboxylic acids is 1. The van der Waals surface area contributed by atoms with Gasteiger partial charge in [-0.3, -0.25) is 9.20 Å². The topological polar surface area (TPSA) is 46.4 Å². The normalized spacial score (nSPS) is 11.0. The second-order valence-electron chi connectivity index (χ2n) is 5.38. The molecule has 0 saturated carbocycles. The lowest BCUT2D eigenvalue weighted by atomic mass is 10.1. The molecule has 3 rings (SSSR count). The van der Waals surface area contributed by atoms with Crippen LogP contribution in [0.5, 0.6) is 0 Å². The highest BCUT2D eigenvalue weighted by molar-refractivity contribution is 7.15. The molecule has 114 valence electrons. The van der Waals surface area contributed by atoms with Gasteiger partial charge in [0.1, 0.15) is 5.69 Å². The minimum Gasteiger partial charge on any atom is -0.351 e. The van der Waals surface area contributed by atoms with Crippen LogP contribution in [-0.2, 0) is 0 Å². The molecule has 2 aromatic heterocycles. The van der Waals surface area contributed by atoms with Gasteiger partial charge < -0.3 is 5.32 Å². The summed E-state index contributed by atoms with van der Waals surface area (Å²) in [7, 11) is 0. The third kappa shape index (κ3) is 2.90. The number of benzene rings is 1. The smallest absolute Gasteiger partial charge is 0.269 e. The van der Waals surface area contributed by atoms with E-state index < -0.39 is 0 Å². The first-order valence-electron chi connectivity index (χ1n) is 7.51. The van der Waals surface area contributed by atoms with E-state index in [4.69, 9.17) is 0 Å². The Morgan fingerprint density at radius 2 is 2.09 bits per heavy atom. The summed E-state index contributed by atoms with van der Waals surface area (Å²) in [5.74, 6) is -0.0347. The lowest BCUT2D eigenvalue weighted by Crippen LogP contribution is -2.25. The standard InChI is InChI=1S/C17H19N3OS/c1-3-4-9-18-16(21)15-11-22-17-19-14(10-20(15)17)13-7-5-12(2)6-8-13/h5-8,10-11H,3-4,9H2,1-2H3,(H,18,21). The fraction of sp³-hybridized carbons (Fsp3) is 0.294. The molecule has 0 aliphatic carbocycles. The second-order valence-corrected chi connectivity index (χ2v) is 6.21. The zero-order valence-corrected chi connectivity index (χ0v) is 13.6. The summed E-state index contributed by atoms with van der Waals surface area (Å²) in [5, 5.41) is 4.82. The highest BCUT2D eigenvalue weighted by Crippen LogP contribution is 2.24. The Morgan fingerprint density at radius 3 is 2.82 bits per heavy atom. The molecule has 22 heavy (non-hydrogen) atoms. The Hall–Kier alpha value is -2.14. The number of aryl methyl sites for hydroxylation is 1. The van der Waals surface area contributed by atoms with Gasteiger partial charge in [0.2, 0.25) is 0 Å². The van der Waals surface area contributed by atoms with Crippen LogP contribution in [0.3, 0.4) is 0 Å². The first-order valence-corrected chi connectivity index (χ1v) is 8.39. The van der Waals surface area contributed by atoms with Gasteiger partial charge >= 0.3 is 0 Å². The average molecular weight is 313 g/mol. The number of carbonyl (C=O) groups is 1. The first kappa shape index (κ1) is 14.8. The van der Waals surface area contributed by atoms with Crippen LogP contribution in [0.15, 0.2) is 35.8 Å². The third-order valence-corrected chi connectivity index (χ3v) is 4.44. The van der Waals surface area contributed by atoms with Crippen molar-refractivity contribution in [3.05, 3.63) is 47.1 Å². The minimum absolute atomic E-state index is 0.0347. The molecule has 0 aliphatic heterocycles. The molecular formula is C17H19N3OS. The van der Waals surface area contributed by atoms with Crippen LogP contribution >= 0.6 is 11.3 Å². The quantitative estimate of drug-likeness (QED) is 0.726. The van der Waals surface area contributed by atoms with Gasteiger partial charge in [-0.1, -0.05) is 43.2 Å². The Morgan fingerprint density at radius 1 is 1.32 bits per heavy atom. The molecule has 0 aliphatic rings. The van der Waals surface area contributed by atoms with E-state index in [1.807, 2.05) is 16.0 Å². The second kappa shape index (κ2) is 6.32. The number of amides is 1. The Labute approximate surface area is 133 Å². The number of imidazole rings is 1. The molecule has 2 heterocycles. The van der Waals surface area contributed by atoms with Crippen LogP contribution in [0.25, 0.3) is 16.2 Å². The maximum absolute atomic E-state index is 12.2. The molecule has 0 radical (unpaired) electrons. The van der Waals surface area contributed by atoms with E-state index >= 15 is 0 Å². The van der Waals surface area contributed by atoms with Crippen molar-refractivity contribution >= 4 is 22.2 Å². The third-order valence-electron chi connectivity index (χ3n) is 3.60. The lowest BCUT2D eigenvalue weighted by Gasteiger charge is -2.02.